The number of halogens is 2. The molecule has 0 aromatic heterocycles. The first-order chi connectivity index (χ1) is 7.68. The summed E-state index contributed by atoms with van der Waals surface area (Å²) < 4.78 is 24.6. The number of carbonyl (C=O) groups excluding carboxylic acids is 1. The molecule has 0 aliphatic carbocycles. The van der Waals surface area contributed by atoms with E-state index in [1.54, 1.807) is 0 Å². The molecule has 0 N–H and O–H groups in total. The van der Waals surface area contributed by atoms with Gasteiger partial charge in [-0.2, -0.15) is 8.78 Å². The second-order valence-corrected chi connectivity index (χ2v) is 3.89. The molecule has 1 aromatic rings. The molecule has 2 nitrogen and oxygen atoms in total. The molecule has 0 saturated carbocycles. The van der Waals surface area contributed by atoms with Gasteiger partial charge in [-0.1, -0.05) is 24.3 Å². The fourth-order valence-electron chi connectivity index (χ4n) is 2.03. The van der Waals surface area contributed by atoms with Gasteiger partial charge in [-0.3, -0.25) is 4.79 Å². The van der Waals surface area contributed by atoms with Crippen LogP contribution >= 0.6 is 0 Å². The molecule has 1 aliphatic rings. The molecular weight excluding hydrogens is 212 g/mol. The van der Waals surface area contributed by atoms with E-state index in [0.717, 1.165) is 11.1 Å². The zero-order valence-corrected chi connectivity index (χ0v) is 8.83. The maximum Gasteiger partial charge on any atom is 0.315 e. The van der Waals surface area contributed by atoms with Gasteiger partial charge in [-0.05, 0) is 24.0 Å². The van der Waals surface area contributed by atoms with Crippen LogP contribution in [-0.4, -0.2) is 30.3 Å². The van der Waals surface area contributed by atoms with Crippen molar-refractivity contribution in [2.24, 2.45) is 0 Å². The average Bonchev–Trinajstić information content (AvgIpc) is 2.50. The van der Waals surface area contributed by atoms with Crippen molar-refractivity contribution in [2.75, 3.05) is 13.1 Å². The van der Waals surface area contributed by atoms with Crippen LogP contribution in [0.1, 0.15) is 11.1 Å². The topological polar surface area (TPSA) is 20.3 Å². The molecule has 0 saturated heterocycles. The zero-order chi connectivity index (χ0) is 11.5. The third kappa shape index (κ3) is 2.21. The Balaban J connectivity index is 2.10. The van der Waals surface area contributed by atoms with Gasteiger partial charge >= 0.3 is 6.43 Å². The van der Waals surface area contributed by atoms with E-state index in [-0.39, 0.29) is 0 Å². The van der Waals surface area contributed by atoms with Gasteiger partial charge in [0.1, 0.15) is 0 Å². The normalized spacial score (nSPS) is 15.8. The van der Waals surface area contributed by atoms with Crippen LogP contribution in [0.15, 0.2) is 24.3 Å². The fraction of sp³-hybridized carbons (Fsp3) is 0.417. The molecule has 1 amide bonds. The van der Waals surface area contributed by atoms with E-state index in [1.807, 2.05) is 24.3 Å². The van der Waals surface area contributed by atoms with Crippen molar-refractivity contribution in [1.29, 1.82) is 0 Å². The number of amides is 1. The lowest BCUT2D eigenvalue weighted by atomic mass is 10.0. The van der Waals surface area contributed by atoms with Crippen molar-refractivity contribution in [3.05, 3.63) is 35.4 Å². The van der Waals surface area contributed by atoms with E-state index in [4.69, 9.17) is 0 Å². The Labute approximate surface area is 92.9 Å². The Kier molecular flexibility index (Phi) is 3.17. The van der Waals surface area contributed by atoms with Crippen molar-refractivity contribution in [3.63, 3.8) is 0 Å². The number of nitrogens with zero attached hydrogens (tertiary/aromatic N) is 1. The van der Waals surface area contributed by atoms with Crippen molar-refractivity contribution >= 4 is 5.91 Å². The summed E-state index contributed by atoms with van der Waals surface area (Å²) >= 11 is 0. The third-order valence-corrected chi connectivity index (χ3v) is 2.92. The van der Waals surface area contributed by atoms with Gasteiger partial charge in [0.25, 0.3) is 5.91 Å². The molecule has 2 rings (SSSR count). The van der Waals surface area contributed by atoms with Crippen LogP contribution in [0.3, 0.4) is 0 Å². The molecule has 0 radical (unpaired) electrons. The predicted molar refractivity (Wildman–Crippen MR) is 56.4 cm³/mol. The molecular formula is C12H13F2NO. The molecule has 0 fully saturated rings. The van der Waals surface area contributed by atoms with Gasteiger partial charge in [0, 0.05) is 13.1 Å². The minimum Gasteiger partial charge on any atom is -0.337 e. The molecule has 1 aromatic carbocycles. The highest BCUT2D eigenvalue weighted by Crippen LogP contribution is 2.16. The molecule has 0 spiro atoms. The largest absolute Gasteiger partial charge is 0.337 e. The quantitative estimate of drug-likeness (QED) is 0.714. The summed E-state index contributed by atoms with van der Waals surface area (Å²) in [4.78, 5) is 12.4. The molecule has 0 atom stereocenters. The minimum absolute atomic E-state index is 0.389. The Hall–Kier alpha value is -1.45. The monoisotopic (exact) mass is 225 g/mol. The lowest BCUT2D eigenvalue weighted by Crippen LogP contribution is -2.37. The summed E-state index contributed by atoms with van der Waals surface area (Å²) in [5.41, 5.74) is 2.32. The SMILES string of the molecule is O=C(C(F)F)N1CCc2ccccc2CC1. The summed E-state index contributed by atoms with van der Waals surface area (Å²) in [6, 6.07) is 7.85. The summed E-state index contributed by atoms with van der Waals surface area (Å²) in [7, 11) is 0. The first kappa shape index (κ1) is 11.0. The highest BCUT2D eigenvalue weighted by atomic mass is 19.3. The predicted octanol–water partition coefficient (Wildman–Crippen LogP) is 1.88. The summed E-state index contributed by atoms with van der Waals surface area (Å²) in [5, 5.41) is 0. The van der Waals surface area contributed by atoms with Gasteiger partial charge in [0.15, 0.2) is 0 Å². The number of carbonyl (C=O) groups is 1. The van der Waals surface area contributed by atoms with Crippen molar-refractivity contribution < 1.29 is 13.6 Å². The van der Waals surface area contributed by atoms with Crippen molar-refractivity contribution in [2.45, 2.75) is 19.3 Å². The number of fused-ring (bicyclic) bond motifs is 1. The second-order valence-electron chi connectivity index (χ2n) is 3.89. The van der Waals surface area contributed by atoms with E-state index in [9.17, 15) is 13.6 Å². The van der Waals surface area contributed by atoms with Crippen LogP contribution in [0.25, 0.3) is 0 Å². The lowest BCUT2D eigenvalue weighted by molar-refractivity contribution is -0.142. The maximum absolute atomic E-state index is 12.3. The first-order valence-electron chi connectivity index (χ1n) is 5.32. The van der Waals surface area contributed by atoms with Crippen LogP contribution in [0.5, 0.6) is 0 Å². The van der Waals surface area contributed by atoms with Gasteiger partial charge in [0.2, 0.25) is 0 Å². The first-order valence-corrected chi connectivity index (χ1v) is 5.32. The molecule has 0 bridgehead atoms. The van der Waals surface area contributed by atoms with Crippen molar-refractivity contribution in [3.8, 4) is 0 Å². The van der Waals surface area contributed by atoms with Crippen LogP contribution in [0.4, 0.5) is 8.78 Å². The minimum atomic E-state index is -2.89. The molecule has 4 heteroatoms. The molecule has 1 heterocycles. The number of rotatable bonds is 1. The lowest BCUT2D eigenvalue weighted by Gasteiger charge is -2.19. The molecule has 1 aliphatic heterocycles. The van der Waals surface area contributed by atoms with Gasteiger partial charge in [-0.25, -0.2) is 0 Å². The van der Waals surface area contributed by atoms with Crippen LogP contribution in [0, 0.1) is 0 Å². The third-order valence-electron chi connectivity index (χ3n) is 2.92. The average molecular weight is 225 g/mol. The summed E-state index contributed by atoms with van der Waals surface area (Å²) in [5.74, 6) is -1.05. The van der Waals surface area contributed by atoms with Crippen molar-refractivity contribution in [1.82, 2.24) is 4.90 Å². The Morgan fingerprint density at radius 2 is 1.62 bits per heavy atom. The van der Waals surface area contributed by atoms with Gasteiger partial charge < -0.3 is 4.90 Å². The van der Waals surface area contributed by atoms with E-state index >= 15 is 0 Å². The van der Waals surface area contributed by atoms with Gasteiger partial charge in [0.05, 0.1) is 0 Å². The standard InChI is InChI=1S/C12H13F2NO/c13-11(14)12(16)15-7-5-9-3-1-2-4-10(9)6-8-15/h1-4,11H,5-8H2. The highest BCUT2D eigenvalue weighted by molar-refractivity contribution is 5.79. The number of hydrogen-bond donors (Lipinski definition) is 0. The summed E-state index contributed by atoms with van der Waals surface area (Å²) in [6.07, 6.45) is -1.57. The van der Waals surface area contributed by atoms with Gasteiger partial charge in [-0.15, -0.1) is 0 Å². The maximum atomic E-state index is 12.3. The summed E-state index contributed by atoms with van der Waals surface area (Å²) in [6.45, 7) is 0.778. The van der Waals surface area contributed by atoms with E-state index in [0.29, 0.717) is 25.9 Å². The zero-order valence-electron chi connectivity index (χ0n) is 8.83. The number of benzene rings is 1. The van der Waals surface area contributed by atoms with Crippen LogP contribution < -0.4 is 0 Å². The number of alkyl halides is 2. The Bertz CT molecular complexity index is 365. The molecule has 0 unspecified atom stereocenters. The van der Waals surface area contributed by atoms with E-state index in [2.05, 4.69) is 0 Å². The fourth-order valence-corrected chi connectivity index (χ4v) is 2.03. The van der Waals surface area contributed by atoms with E-state index < -0.39 is 12.3 Å². The van der Waals surface area contributed by atoms with Crippen LogP contribution in [0.2, 0.25) is 0 Å². The second kappa shape index (κ2) is 4.60. The smallest absolute Gasteiger partial charge is 0.315 e. The number of hydrogen-bond acceptors (Lipinski definition) is 1. The highest BCUT2D eigenvalue weighted by Gasteiger charge is 2.24. The van der Waals surface area contributed by atoms with Crippen LogP contribution in [-0.2, 0) is 17.6 Å². The Morgan fingerprint density at radius 3 is 2.06 bits per heavy atom. The Morgan fingerprint density at radius 1 is 1.12 bits per heavy atom. The molecule has 16 heavy (non-hydrogen) atoms. The molecule has 86 valence electrons. The van der Waals surface area contributed by atoms with E-state index in [1.165, 1.54) is 4.90 Å².